The Balaban J connectivity index is 2.20. The molecule has 14 heavy (non-hydrogen) atoms. The molecule has 72 valence electrons. The molecule has 0 unspecified atom stereocenters. The molecule has 0 bridgehead atoms. The van der Waals surface area contributed by atoms with Gasteiger partial charge in [-0.2, -0.15) is 0 Å². The summed E-state index contributed by atoms with van der Waals surface area (Å²) in [7, 11) is 0. The van der Waals surface area contributed by atoms with E-state index in [2.05, 4.69) is 9.98 Å². The topological polar surface area (TPSA) is 51.3 Å². The smallest absolute Gasteiger partial charge is 0.124 e. The summed E-state index contributed by atoms with van der Waals surface area (Å²) in [5.74, 6) is 0.556. The highest BCUT2D eigenvalue weighted by Gasteiger charge is 2.11. The van der Waals surface area contributed by atoms with Crippen molar-refractivity contribution in [1.82, 2.24) is 4.98 Å². The van der Waals surface area contributed by atoms with Gasteiger partial charge in [-0.1, -0.05) is 6.07 Å². The summed E-state index contributed by atoms with van der Waals surface area (Å²) >= 11 is 1.67. The van der Waals surface area contributed by atoms with Crippen molar-refractivity contribution in [3.05, 3.63) is 30.1 Å². The van der Waals surface area contributed by atoms with Crippen molar-refractivity contribution < 1.29 is 0 Å². The predicted molar refractivity (Wildman–Crippen MR) is 62.2 cm³/mol. The van der Waals surface area contributed by atoms with Gasteiger partial charge in [0.25, 0.3) is 0 Å². The molecule has 4 heteroatoms. The fourth-order valence-electron chi connectivity index (χ4n) is 1.32. The van der Waals surface area contributed by atoms with Crippen molar-refractivity contribution in [2.45, 2.75) is 6.42 Å². The Morgan fingerprint density at radius 2 is 2.29 bits per heavy atom. The third kappa shape index (κ3) is 1.80. The van der Waals surface area contributed by atoms with Gasteiger partial charge in [-0.05, 0) is 18.4 Å². The van der Waals surface area contributed by atoms with Gasteiger partial charge in [-0.25, -0.2) is 4.98 Å². The first-order valence-electron chi connectivity index (χ1n) is 4.32. The summed E-state index contributed by atoms with van der Waals surface area (Å²) in [4.78, 5) is 8.53. The van der Waals surface area contributed by atoms with E-state index in [1.807, 2.05) is 24.6 Å². The Bertz CT molecular complexity index is 410. The van der Waals surface area contributed by atoms with Crippen LogP contribution >= 0.6 is 11.8 Å². The number of pyridine rings is 1. The first kappa shape index (κ1) is 9.27. The van der Waals surface area contributed by atoms with E-state index >= 15 is 0 Å². The summed E-state index contributed by atoms with van der Waals surface area (Å²) in [6.45, 7) is 0. The van der Waals surface area contributed by atoms with Crippen LogP contribution in [0.5, 0.6) is 0 Å². The van der Waals surface area contributed by atoms with Crippen LogP contribution in [0.15, 0.2) is 29.4 Å². The molecule has 0 aromatic carbocycles. The summed E-state index contributed by atoms with van der Waals surface area (Å²) in [6.07, 6.45) is 4.77. The Morgan fingerprint density at radius 1 is 1.43 bits per heavy atom. The normalized spacial score (nSPS) is 15.2. The first-order valence-corrected chi connectivity index (χ1v) is 5.54. The molecule has 1 aromatic rings. The summed E-state index contributed by atoms with van der Waals surface area (Å²) in [6, 6.07) is 5.66. The van der Waals surface area contributed by atoms with Gasteiger partial charge in [-0.3, -0.25) is 4.99 Å². The molecule has 0 radical (unpaired) electrons. The van der Waals surface area contributed by atoms with Gasteiger partial charge < -0.3 is 5.73 Å². The number of aromatic nitrogens is 1. The van der Waals surface area contributed by atoms with Crippen molar-refractivity contribution >= 4 is 28.2 Å². The molecule has 3 nitrogen and oxygen atoms in total. The zero-order valence-electron chi connectivity index (χ0n) is 7.90. The van der Waals surface area contributed by atoms with Crippen LogP contribution in [0.1, 0.15) is 12.1 Å². The third-order valence-electron chi connectivity index (χ3n) is 2.04. The molecule has 2 heterocycles. The van der Waals surface area contributed by atoms with Gasteiger partial charge in [0.15, 0.2) is 0 Å². The second-order valence-electron chi connectivity index (χ2n) is 3.01. The van der Waals surface area contributed by atoms with E-state index in [1.165, 1.54) is 0 Å². The third-order valence-corrected chi connectivity index (χ3v) is 2.76. The van der Waals surface area contributed by atoms with Crippen LogP contribution in [-0.4, -0.2) is 16.3 Å². The second-order valence-corrected chi connectivity index (χ2v) is 3.89. The molecule has 0 aliphatic carbocycles. The van der Waals surface area contributed by atoms with E-state index < -0.39 is 0 Å². The number of thioether (sulfide) groups is 1. The van der Waals surface area contributed by atoms with Crippen LogP contribution < -0.4 is 5.73 Å². The van der Waals surface area contributed by atoms with Crippen molar-refractivity contribution in [2.75, 3.05) is 12.0 Å². The fraction of sp³-hybridized carbons (Fsp3) is 0.200. The molecule has 2 rings (SSSR count). The minimum Gasteiger partial charge on any atom is -0.384 e. The number of hydrogen-bond donors (Lipinski definition) is 1. The van der Waals surface area contributed by atoms with Crippen LogP contribution in [0.4, 0.5) is 5.82 Å². The number of nitrogens with two attached hydrogens (primary N) is 1. The molecular weight excluding hydrogens is 194 g/mol. The highest BCUT2D eigenvalue weighted by molar-refractivity contribution is 8.13. The molecule has 1 aromatic heterocycles. The molecule has 2 N–H and O–H groups in total. The molecular formula is C10H11N3S. The van der Waals surface area contributed by atoms with Gasteiger partial charge in [0.05, 0.1) is 10.7 Å². The van der Waals surface area contributed by atoms with E-state index in [9.17, 15) is 0 Å². The number of allylic oxidation sites excluding steroid dienone is 1. The monoisotopic (exact) mass is 205 g/mol. The number of nitrogens with zero attached hydrogens (tertiary/aromatic N) is 2. The zero-order valence-corrected chi connectivity index (χ0v) is 8.71. The molecule has 1 aliphatic rings. The highest BCUT2D eigenvalue weighted by Crippen LogP contribution is 2.25. The van der Waals surface area contributed by atoms with Gasteiger partial charge >= 0.3 is 0 Å². The van der Waals surface area contributed by atoms with Crippen LogP contribution in [0.2, 0.25) is 0 Å². The first-order chi connectivity index (χ1) is 6.79. The summed E-state index contributed by atoms with van der Waals surface area (Å²) < 4.78 is 0. The Labute approximate surface area is 87.1 Å². The molecule has 1 aliphatic heterocycles. The Kier molecular flexibility index (Phi) is 2.54. The number of aliphatic imine (C=N–C) groups is 1. The van der Waals surface area contributed by atoms with Crippen LogP contribution in [0.3, 0.4) is 0 Å². The van der Waals surface area contributed by atoms with Crippen LogP contribution in [0, 0.1) is 0 Å². The number of hydrogen-bond acceptors (Lipinski definition) is 4. The maximum Gasteiger partial charge on any atom is 0.124 e. The van der Waals surface area contributed by atoms with E-state index in [-0.39, 0.29) is 0 Å². The average molecular weight is 205 g/mol. The maximum absolute atomic E-state index is 5.61. The molecule has 0 atom stereocenters. The van der Waals surface area contributed by atoms with Gasteiger partial charge in [0, 0.05) is 18.2 Å². The van der Waals surface area contributed by atoms with Crippen molar-refractivity contribution in [3.8, 4) is 0 Å². The molecule has 0 fully saturated rings. The lowest BCUT2D eigenvalue weighted by molar-refractivity contribution is 1.26. The lowest BCUT2D eigenvalue weighted by Crippen LogP contribution is -1.95. The molecule has 0 spiro atoms. The second kappa shape index (κ2) is 3.84. The predicted octanol–water partition coefficient (Wildman–Crippen LogP) is 2.17. The van der Waals surface area contributed by atoms with Crippen molar-refractivity contribution in [2.24, 2.45) is 4.99 Å². The average Bonchev–Trinajstić information content (AvgIpc) is 2.66. The fourth-order valence-corrected chi connectivity index (χ4v) is 1.77. The SMILES string of the molecule is CSC1=NC=C(c2cccc(N)n2)C1. The number of nitrogen functional groups attached to an aromatic ring is 1. The minimum absolute atomic E-state index is 0.556. The Morgan fingerprint density at radius 3 is 2.93 bits per heavy atom. The summed E-state index contributed by atoms with van der Waals surface area (Å²) in [5.41, 5.74) is 7.68. The van der Waals surface area contributed by atoms with E-state index in [1.54, 1.807) is 17.8 Å². The van der Waals surface area contributed by atoms with Crippen LogP contribution in [-0.2, 0) is 0 Å². The van der Waals surface area contributed by atoms with Crippen molar-refractivity contribution in [3.63, 3.8) is 0 Å². The number of rotatable bonds is 1. The molecule has 0 amide bonds. The standard InChI is InChI=1S/C10H11N3S/c1-14-10-5-7(6-12-10)8-3-2-4-9(11)13-8/h2-4,6H,5H2,1H3,(H2,11,13). The lowest BCUT2D eigenvalue weighted by Gasteiger charge is -2.01. The largest absolute Gasteiger partial charge is 0.384 e. The highest BCUT2D eigenvalue weighted by atomic mass is 32.2. The summed E-state index contributed by atoms with van der Waals surface area (Å²) in [5, 5.41) is 1.13. The van der Waals surface area contributed by atoms with Gasteiger partial charge in [0.1, 0.15) is 5.82 Å². The van der Waals surface area contributed by atoms with Gasteiger partial charge in [-0.15, -0.1) is 11.8 Å². The van der Waals surface area contributed by atoms with E-state index in [4.69, 9.17) is 5.73 Å². The minimum atomic E-state index is 0.556. The number of anilines is 1. The van der Waals surface area contributed by atoms with E-state index in [0.29, 0.717) is 5.82 Å². The Hall–Kier alpha value is -1.29. The maximum atomic E-state index is 5.61. The lowest BCUT2D eigenvalue weighted by atomic mass is 10.1. The molecule has 0 saturated carbocycles. The molecule has 0 saturated heterocycles. The quantitative estimate of drug-likeness (QED) is 0.764. The van der Waals surface area contributed by atoms with Crippen molar-refractivity contribution in [1.29, 1.82) is 0 Å². The van der Waals surface area contributed by atoms with Crippen LogP contribution in [0.25, 0.3) is 5.57 Å². The van der Waals surface area contributed by atoms with E-state index in [0.717, 1.165) is 22.7 Å². The zero-order chi connectivity index (χ0) is 9.97. The van der Waals surface area contributed by atoms with Gasteiger partial charge in [0.2, 0.25) is 0 Å².